The molecule has 3 aliphatic rings. The van der Waals surface area contributed by atoms with Gasteiger partial charge in [0, 0.05) is 36.8 Å². The summed E-state index contributed by atoms with van der Waals surface area (Å²) in [6.45, 7) is 6.30. The van der Waals surface area contributed by atoms with Crippen molar-refractivity contribution < 1.29 is 19.1 Å². The molecule has 1 aromatic heterocycles. The van der Waals surface area contributed by atoms with Crippen molar-refractivity contribution in [2.75, 3.05) is 13.1 Å². The summed E-state index contributed by atoms with van der Waals surface area (Å²) in [6.07, 6.45) is 1.84. The maximum Gasteiger partial charge on any atom is 0.411 e. The molecule has 0 bridgehead atoms. The first kappa shape index (κ1) is 19.8. The Morgan fingerprint density at radius 1 is 1.13 bits per heavy atom. The summed E-state index contributed by atoms with van der Waals surface area (Å²) in [6, 6.07) is 8.27. The molecular weight excluding hydrogens is 394 g/mol. The zero-order valence-electron chi connectivity index (χ0n) is 18.1. The van der Waals surface area contributed by atoms with Gasteiger partial charge in [-0.3, -0.25) is 14.5 Å². The second-order valence-electron chi connectivity index (χ2n) is 8.88. The lowest BCUT2D eigenvalue weighted by molar-refractivity contribution is 0.0630. The van der Waals surface area contributed by atoms with Gasteiger partial charge in [0.2, 0.25) is 0 Å². The molecule has 2 aliphatic heterocycles. The number of Topliss-reactive ketones (excluding diaryl/α,β-unsaturated/α-hetero) is 1. The van der Waals surface area contributed by atoms with Gasteiger partial charge in [-0.05, 0) is 50.3 Å². The van der Waals surface area contributed by atoms with E-state index in [1.165, 1.54) is 18.1 Å². The minimum Gasteiger partial charge on any atom is -0.443 e. The number of aromatic amines is 1. The fourth-order valence-electron chi connectivity index (χ4n) is 5.65. The van der Waals surface area contributed by atoms with Crippen LogP contribution in [0.25, 0.3) is 0 Å². The highest BCUT2D eigenvalue weighted by Crippen LogP contribution is 2.44. The topological polar surface area (TPSA) is 82.7 Å². The summed E-state index contributed by atoms with van der Waals surface area (Å²) in [5.74, 6) is -0.123. The highest BCUT2D eigenvalue weighted by atomic mass is 16.6. The number of likely N-dealkylation sites (tertiary alicyclic amines) is 1. The second-order valence-corrected chi connectivity index (χ2v) is 8.88. The number of fused-ring (bicyclic) bond motifs is 3. The number of H-pyrrole nitrogens is 1. The van der Waals surface area contributed by atoms with Crippen LogP contribution in [0, 0.1) is 13.8 Å². The molecule has 0 spiro atoms. The van der Waals surface area contributed by atoms with Crippen LogP contribution in [-0.4, -0.2) is 57.8 Å². The summed E-state index contributed by atoms with van der Waals surface area (Å²) >= 11 is 0. The largest absolute Gasteiger partial charge is 0.443 e. The third-order valence-corrected chi connectivity index (χ3v) is 7.06. The number of benzene rings is 1. The van der Waals surface area contributed by atoms with Crippen LogP contribution in [0.15, 0.2) is 24.3 Å². The van der Waals surface area contributed by atoms with Gasteiger partial charge in [-0.2, -0.15) is 0 Å². The van der Waals surface area contributed by atoms with Gasteiger partial charge in [0.25, 0.3) is 5.91 Å². The summed E-state index contributed by atoms with van der Waals surface area (Å²) < 4.78 is 5.70. The molecule has 0 radical (unpaired) electrons. The Morgan fingerprint density at radius 3 is 2.52 bits per heavy atom. The molecule has 0 unspecified atom stereocenters. The molecule has 7 nitrogen and oxygen atoms in total. The standard InChI is InChI=1S/C24H27N3O4/c1-13-20(15(3)28)14(2)25-21(13)23(29)26-10-8-17(9-11-26)27-22-18-7-5-4-6-16(18)12-19(22)31-24(27)30/h4-7,17,19,22,25H,8-12H2,1-3H3/t19-,22+/m1/s1. The zero-order chi connectivity index (χ0) is 21.9. The number of rotatable bonds is 3. The van der Waals surface area contributed by atoms with Crippen molar-refractivity contribution in [2.24, 2.45) is 0 Å². The van der Waals surface area contributed by atoms with E-state index < -0.39 is 0 Å². The summed E-state index contributed by atoms with van der Waals surface area (Å²) in [5.41, 5.74) is 4.97. The minimum absolute atomic E-state index is 0.0256. The van der Waals surface area contributed by atoms with Crippen LogP contribution in [-0.2, 0) is 11.2 Å². The van der Waals surface area contributed by atoms with Crippen molar-refractivity contribution in [1.29, 1.82) is 0 Å². The number of aromatic nitrogens is 1. The van der Waals surface area contributed by atoms with Crippen molar-refractivity contribution in [3.63, 3.8) is 0 Å². The molecule has 0 saturated carbocycles. The number of carbonyl (C=O) groups excluding carboxylic acids is 3. The Hall–Kier alpha value is -3.09. The summed E-state index contributed by atoms with van der Waals surface area (Å²) in [4.78, 5) is 44.5. The molecule has 5 rings (SSSR count). The normalized spacial score (nSPS) is 23.0. The van der Waals surface area contributed by atoms with Crippen LogP contribution in [0.3, 0.4) is 0 Å². The molecule has 1 aliphatic carbocycles. The molecule has 3 heterocycles. The quantitative estimate of drug-likeness (QED) is 0.769. The molecule has 2 saturated heterocycles. The highest BCUT2D eigenvalue weighted by Gasteiger charge is 2.50. The lowest BCUT2D eigenvalue weighted by Crippen LogP contribution is -2.48. The zero-order valence-corrected chi connectivity index (χ0v) is 18.1. The van der Waals surface area contributed by atoms with Gasteiger partial charge in [-0.25, -0.2) is 4.79 Å². The van der Waals surface area contributed by atoms with E-state index in [0.29, 0.717) is 42.8 Å². The van der Waals surface area contributed by atoms with Gasteiger partial charge in [0.05, 0.1) is 6.04 Å². The van der Waals surface area contributed by atoms with E-state index in [0.717, 1.165) is 12.1 Å². The van der Waals surface area contributed by atoms with Crippen molar-refractivity contribution in [2.45, 2.75) is 58.2 Å². The molecule has 2 aromatic rings. The average Bonchev–Trinajstić information content (AvgIpc) is 3.35. The molecule has 2 fully saturated rings. The number of nitrogens with one attached hydrogen (secondary N) is 1. The molecule has 1 N–H and O–H groups in total. The lowest BCUT2D eigenvalue weighted by atomic mass is 9.98. The van der Waals surface area contributed by atoms with Gasteiger partial charge in [0.15, 0.2) is 5.78 Å². The van der Waals surface area contributed by atoms with Crippen LogP contribution in [0.4, 0.5) is 4.79 Å². The minimum atomic E-state index is -0.240. The molecule has 1 aromatic carbocycles. The predicted octanol–water partition coefficient (Wildman–Crippen LogP) is 3.56. The second kappa shape index (κ2) is 7.25. The number of ketones is 1. The smallest absolute Gasteiger partial charge is 0.411 e. The van der Waals surface area contributed by atoms with Gasteiger partial charge in [-0.1, -0.05) is 24.3 Å². The molecule has 2 amide bonds. The van der Waals surface area contributed by atoms with Crippen LogP contribution < -0.4 is 0 Å². The third-order valence-electron chi connectivity index (χ3n) is 7.06. The Bertz CT molecular complexity index is 1080. The molecule has 2 atom stereocenters. The monoisotopic (exact) mass is 421 g/mol. The van der Waals surface area contributed by atoms with E-state index in [1.54, 1.807) is 0 Å². The van der Waals surface area contributed by atoms with E-state index in [1.807, 2.05) is 35.8 Å². The van der Waals surface area contributed by atoms with Crippen LogP contribution in [0.1, 0.15) is 69.0 Å². The van der Waals surface area contributed by atoms with E-state index in [9.17, 15) is 14.4 Å². The summed E-state index contributed by atoms with van der Waals surface area (Å²) in [5, 5.41) is 0. The Balaban J connectivity index is 1.31. The number of carbonyl (C=O) groups is 3. The fraction of sp³-hybridized carbons (Fsp3) is 0.458. The number of aryl methyl sites for hydroxylation is 1. The number of hydrogen-bond acceptors (Lipinski definition) is 4. The Labute approximate surface area is 181 Å². The highest BCUT2D eigenvalue weighted by molar-refractivity contribution is 6.02. The van der Waals surface area contributed by atoms with Crippen molar-refractivity contribution in [3.8, 4) is 0 Å². The van der Waals surface area contributed by atoms with Gasteiger partial charge in [-0.15, -0.1) is 0 Å². The van der Waals surface area contributed by atoms with Crippen LogP contribution in [0.2, 0.25) is 0 Å². The van der Waals surface area contributed by atoms with E-state index in [2.05, 4.69) is 17.1 Å². The number of piperidine rings is 1. The first-order chi connectivity index (χ1) is 14.9. The molecular formula is C24H27N3O4. The summed E-state index contributed by atoms with van der Waals surface area (Å²) in [7, 11) is 0. The van der Waals surface area contributed by atoms with Crippen molar-refractivity contribution in [3.05, 3.63) is 57.9 Å². The maximum atomic E-state index is 13.1. The lowest BCUT2D eigenvalue weighted by Gasteiger charge is -2.37. The number of nitrogens with zero attached hydrogens (tertiary/aromatic N) is 2. The molecule has 31 heavy (non-hydrogen) atoms. The first-order valence-corrected chi connectivity index (χ1v) is 10.9. The van der Waals surface area contributed by atoms with Crippen LogP contribution >= 0.6 is 0 Å². The molecule has 162 valence electrons. The predicted molar refractivity (Wildman–Crippen MR) is 114 cm³/mol. The van der Waals surface area contributed by atoms with Gasteiger partial charge in [0.1, 0.15) is 11.8 Å². The first-order valence-electron chi connectivity index (χ1n) is 10.9. The number of ether oxygens (including phenoxy) is 1. The van der Waals surface area contributed by atoms with E-state index in [-0.39, 0.29) is 36.0 Å². The third kappa shape index (κ3) is 3.06. The van der Waals surface area contributed by atoms with Crippen molar-refractivity contribution in [1.82, 2.24) is 14.8 Å². The average molecular weight is 421 g/mol. The number of hydrogen-bond donors (Lipinski definition) is 1. The van der Waals surface area contributed by atoms with Crippen molar-refractivity contribution >= 4 is 17.8 Å². The van der Waals surface area contributed by atoms with Gasteiger partial charge < -0.3 is 14.6 Å². The van der Waals surface area contributed by atoms with E-state index >= 15 is 0 Å². The Kier molecular flexibility index (Phi) is 4.64. The maximum absolute atomic E-state index is 13.1. The number of amides is 2. The SMILES string of the molecule is CC(=O)c1c(C)[nH]c(C(=O)N2CCC(N3C(=O)O[C@@H]4Cc5ccccc5[C@@H]43)CC2)c1C. The van der Waals surface area contributed by atoms with Gasteiger partial charge >= 0.3 is 6.09 Å². The fourth-order valence-corrected chi connectivity index (χ4v) is 5.65. The van der Waals surface area contributed by atoms with Crippen LogP contribution in [0.5, 0.6) is 0 Å². The Morgan fingerprint density at radius 2 is 1.84 bits per heavy atom. The molecule has 7 heteroatoms. The van der Waals surface area contributed by atoms with E-state index in [4.69, 9.17) is 4.74 Å².